The fourth-order valence-corrected chi connectivity index (χ4v) is 5.13. The lowest BCUT2D eigenvalue weighted by atomic mass is 9.68. The summed E-state index contributed by atoms with van der Waals surface area (Å²) >= 11 is 1.77. The molecule has 2 saturated heterocycles. The lowest BCUT2D eigenvalue weighted by molar-refractivity contribution is -0.135. The van der Waals surface area contributed by atoms with Gasteiger partial charge >= 0.3 is 0 Å². The standard InChI is InChI=1S/C15H26N2OS/c1-19-3-2-14(16)15(18)17-9-12-5-10-4-11(6-12)8-13(17)7-10/h10-14H,2-9,16H2,1H3/t10?,11?,12?,13?,14-/m0/s1. The van der Waals surface area contributed by atoms with Gasteiger partial charge in [-0.05, 0) is 68.3 Å². The number of thioether (sulfide) groups is 1. The summed E-state index contributed by atoms with van der Waals surface area (Å²) in [6, 6.07) is 0.229. The fraction of sp³-hybridized carbons (Fsp3) is 0.933. The van der Waals surface area contributed by atoms with Gasteiger partial charge in [-0.15, -0.1) is 0 Å². The van der Waals surface area contributed by atoms with Crippen molar-refractivity contribution < 1.29 is 4.79 Å². The number of fused-ring (bicyclic) bond motifs is 1. The van der Waals surface area contributed by atoms with Gasteiger partial charge in [0.25, 0.3) is 0 Å². The second kappa shape index (κ2) is 5.65. The lowest BCUT2D eigenvalue weighted by Gasteiger charge is -2.39. The summed E-state index contributed by atoms with van der Waals surface area (Å²) in [7, 11) is 0. The third kappa shape index (κ3) is 2.80. The zero-order chi connectivity index (χ0) is 13.4. The molecular formula is C15H26N2OS. The van der Waals surface area contributed by atoms with Gasteiger partial charge in [-0.1, -0.05) is 0 Å². The Balaban J connectivity index is 1.69. The van der Waals surface area contributed by atoms with Gasteiger partial charge in [0, 0.05) is 12.6 Å². The number of hydrogen-bond donors (Lipinski definition) is 1. The van der Waals surface area contributed by atoms with Crippen LogP contribution >= 0.6 is 11.8 Å². The van der Waals surface area contributed by atoms with Gasteiger partial charge in [-0.3, -0.25) is 4.79 Å². The average Bonchev–Trinajstić information content (AvgIpc) is 2.59. The van der Waals surface area contributed by atoms with E-state index in [-0.39, 0.29) is 11.9 Å². The quantitative estimate of drug-likeness (QED) is 0.859. The number of hydrogen-bond acceptors (Lipinski definition) is 3. The lowest BCUT2D eigenvalue weighted by Crippen LogP contribution is -2.49. The van der Waals surface area contributed by atoms with E-state index in [2.05, 4.69) is 11.2 Å². The molecule has 4 aliphatic rings. The van der Waals surface area contributed by atoms with Crippen LogP contribution in [-0.4, -0.2) is 41.4 Å². The van der Waals surface area contributed by atoms with Gasteiger partial charge in [-0.2, -0.15) is 11.8 Å². The Morgan fingerprint density at radius 2 is 1.84 bits per heavy atom. The van der Waals surface area contributed by atoms with Crippen LogP contribution in [0.3, 0.4) is 0 Å². The molecule has 2 aliphatic carbocycles. The Morgan fingerprint density at radius 3 is 2.47 bits per heavy atom. The van der Waals surface area contributed by atoms with Gasteiger partial charge in [0.15, 0.2) is 0 Å². The molecular weight excluding hydrogens is 256 g/mol. The van der Waals surface area contributed by atoms with Crippen LogP contribution in [0.15, 0.2) is 0 Å². The molecule has 0 spiro atoms. The first kappa shape index (κ1) is 13.7. The van der Waals surface area contributed by atoms with E-state index in [0.717, 1.165) is 36.5 Å². The van der Waals surface area contributed by atoms with E-state index in [1.807, 2.05) is 0 Å². The molecule has 0 aromatic carbocycles. The minimum absolute atomic E-state index is 0.229. The summed E-state index contributed by atoms with van der Waals surface area (Å²) in [6.07, 6.45) is 9.52. The number of amides is 1. The molecule has 4 bridgehead atoms. The Hall–Kier alpha value is -0.220. The van der Waals surface area contributed by atoms with Crippen molar-refractivity contribution >= 4 is 17.7 Å². The Bertz CT molecular complexity index is 335. The fourth-order valence-electron chi connectivity index (χ4n) is 4.64. The summed E-state index contributed by atoms with van der Waals surface area (Å²) in [6.45, 7) is 0.990. The normalized spacial score (nSPS) is 38.3. The van der Waals surface area contributed by atoms with Crippen molar-refractivity contribution in [3.63, 3.8) is 0 Å². The van der Waals surface area contributed by atoms with Gasteiger partial charge < -0.3 is 10.6 Å². The molecule has 2 N–H and O–H groups in total. The van der Waals surface area contributed by atoms with Crippen molar-refractivity contribution in [3.05, 3.63) is 0 Å². The topological polar surface area (TPSA) is 46.3 Å². The van der Waals surface area contributed by atoms with E-state index >= 15 is 0 Å². The minimum Gasteiger partial charge on any atom is -0.338 e. The minimum atomic E-state index is -0.275. The molecule has 1 amide bonds. The highest BCUT2D eigenvalue weighted by molar-refractivity contribution is 7.98. The van der Waals surface area contributed by atoms with Crippen molar-refractivity contribution in [2.45, 2.75) is 50.6 Å². The second-order valence-corrected chi connectivity index (χ2v) is 7.79. The van der Waals surface area contributed by atoms with Crippen molar-refractivity contribution in [1.82, 2.24) is 4.90 Å². The third-order valence-corrected chi connectivity index (χ3v) is 5.98. The van der Waals surface area contributed by atoms with Gasteiger partial charge in [0.2, 0.25) is 5.91 Å². The predicted molar refractivity (Wildman–Crippen MR) is 80.0 cm³/mol. The van der Waals surface area contributed by atoms with E-state index in [4.69, 9.17) is 5.73 Å². The highest BCUT2D eigenvalue weighted by atomic mass is 32.2. The largest absolute Gasteiger partial charge is 0.338 e. The first-order chi connectivity index (χ1) is 9.17. The van der Waals surface area contributed by atoms with Crippen LogP contribution < -0.4 is 5.73 Å². The van der Waals surface area contributed by atoms with Gasteiger partial charge in [-0.25, -0.2) is 0 Å². The van der Waals surface area contributed by atoms with Crippen LogP contribution in [-0.2, 0) is 4.79 Å². The van der Waals surface area contributed by atoms with Crippen LogP contribution in [0.25, 0.3) is 0 Å². The average molecular weight is 282 g/mol. The van der Waals surface area contributed by atoms with E-state index in [1.165, 1.54) is 32.1 Å². The van der Waals surface area contributed by atoms with Crippen molar-refractivity contribution in [1.29, 1.82) is 0 Å². The summed E-state index contributed by atoms with van der Waals surface area (Å²) in [5.41, 5.74) is 6.11. The molecule has 0 aromatic heterocycles. The highest BCUT2D eigenvalue weighted by Gasteiger charge is 2.44. The van der Waals surface area contributed by atoms with Crippen LogP contribution in [0, 0.1) is 17.8 Å². The van der Waals surface area contributed by atoms with E-state index < -0.39 is 0 Å². The molecule has 2 heterocycles. The van der Waals surface area contributed by atoms with Crippen molar-refractivity contribution in [3.8, 4) is 0 Å². The molecule has 3 nitrogen and oxygen atoms in total. The second-order valence-electron chi connectivity index (χ2n) is 6.81. The number of carbonyl (C=O) groups is 1. The first-order valence-corrected chi connectivity index (χ1v) is 9.11. The van der Waals surface area contributed by atoms with E-state index in [9.17, 15) is 4.79 Å². The molecule has 108 valence electrons. The van der Waals surface area contributed by atoms with Crippen molar-refractivity contribution in [2.75, 3.05) is 18.6 Å². The number of carbonyl (C=O) groups excluding carboxylic acids is 1. The summed E-state index contributed by atoms with van der Waals surface area (Å²) < 4.78 is 0. The molecule has 0 aromatic rings. The molecule has 2 saturated carbocycles. The summed E-state index contributed by atoms with van der Waals surface area (Å²) in [5.74, 6) is 3.76. The zero-order valence-electron chi connectivity index (χ0n) is 11.9. The summed E-state index contributed by atoms with van der Waals surface area (Å²) in [4.78, 5) is 14.8. The molecule has 3 atom stereocenters. The Labute approximate surface area is 120 Å². The predicted octanol–water partition coefficient (Wildman–Crippen LogP) is 2.10. The maximum absolute atomic E-state index is 12.6. The van der Waals surface area contributed by atoms with Crippen LogP contribution in [0.4, 0.5) is 0 Å². The van der Waals surface area contributed by atoms with Crippen LogP contribution in [0.1, 0.15) is 38.5 Å². The molecule has 4 fully saturated rings. The maximum atomic E-state index is 12.6. The first-order valence-electron chi connectivity index (χ1n) is 7.72. The maximum Gasteiger partial charge on any atom is 0.239 e. The van der Waals surface area contributed by atoms with Gasteiger partial charge in [0.1, 0.15) is 0 Å². The number of rotatable bonds is 4. The number of nitrogens with two attached hydrogens (primary N) is 1. The summed E-state index contributed by atoms with van der Waals surface area (Å²) in [5, 5.41) is 0. The smallest absolute Gasteiger partial charge is 0.239 e. The van der Waals surface area contributed by atoms with E-state index in [0.29, 0.717) is 6.04 Å². The van der Waals surface area contributed by atoms with Crippen LogP contribution in [0.2, 0.25) is 0 Å². The van der Waals surface area contributed by atoms with Crippen LogP contribution in [0.5, 0.6) is 0 Å². The monoisotopic (exact) mass is 282 g/mol. The SMILES string of the molecule is CSCC[C@H](N)C(=O)N1CC2CC3CC(C2)CC1C3. The molecule has 19 heavy (non-hydrogen) atoms. The molecule has 4 rings (SSSR count). The molecule has 2 aliphatic heterocycles. The Kier molecular flexibility index (Phi) is 4.08. The number of nitrogens with zero attached hydrogens (tertiary/aromatic N) is 1. The van der Waals surface area contributed by atoms with E-state index in [1.54, 1.807) is 11.8 Å². The zero-order valence-corrected chi connectivity index (χ0v) is 12.7. The van der Waals surface area contributed by atoms with Gasteiger partial charge in [0.05, 0.1) is 6.04 Å². The molecule has 0 radical (unpaired) electrons. The Morgan fingerprint density at radius 1 is 1.21 bits per heavy atom. The molecule has 4 heteroatoms. The molecule has 2 unspecified atom stereocenters. The third-order valence-electron chi connectivity index (χ3n) is 5.34. The highest BCUT2D eigenvalue weighted by Crippen LogP contribution is 2.47. The van der Waals surface area contributed by atoms with Crippen molar-refractivity contribution in [2.24, 2.45) is 23.5 Å².